The second-order valence-electron chi connectivity index (χ2n) is 7.25. The number of benzene rings is 1. The average Bonchev–Trinajstić information content (AvgIpc) is 3.31. The van der Waals surface area contributed by atoms with E-state index in [9.17, 15) is 4.79 Å². The highest BCUT2D eigenvalue weighted by Gasteiger charge is 2.75. The number of hydrogen-bond acceptors (Lipinski definition) is 2. The molecule has 0 spiro atoms. The minimum atomic E-state index is 0.0254. The molecule has 2 unspecified atom stereocenters. The van der Waals surface area contributed by atoms with E-state index in [1.54, 1.807) is 0 Å². The van der Waals surface area contributed by atoms with Gasteiger partial charge in [-0.2, -0.15) is 0 Å². The summed E-state index contributed by atoms with van der Waals surface area (Å²) < 4.78 is 6.05. The maximum Gasteiger partial charge on any atom is 0.229 e. The van der Waals surface area contributed by atoms with Crippen LogP contribution in [0.25, 0.3) is 0 Å². The standard InChI is InChI=1S/C18H23NO2/c1-11-4-5-12(2)15(6-11)16-9-19(13(3)10-21-16)17(20)18-7-14(18)8-18/h4-6,13-14,16H,7-10H2,1-3H3. The highest BCUT2D eigenvalue weighted by Crippen LogP contribution is 2.76. The average molecular weight is 285 g/mol. The van der Waals surface area contributed by atoms with Gasteiger partial charge in [-0.05, 0) is 50.7 Å². The Kier molecular flexibility index (Phi) is 2.74. The van der Waals surface area contributed by atoms with Gasteiger partial charge < -0.3 is 9.64 Å². The van der Waals surface area contributed by atoms with Crippen molar-refractivity contribution in [2.45, 2.75) is 45.8 Å². The minimum Gasteiger partial charge on any atom is -0.370 e. The van der Waals surface area contributed by atoms with Crippen LogP contribution in [0, 0.1) is 25.2 Å². The lowest BCUT2D eigenvalue weighted by Gasteiger charge is -2.39. The van der Waals surface area contributed by atoms with Crippen LogP contribution in [-0.2, 0) is 9.53 Å². The molecule has 0 bridgehead atoms. The van der Waals surface area contributed by atoms with Gasteiger partial charge in [-0.1, -0.05) is 23.8 Å². The van der Waals surface area contributed by atoms with Gasteiger partial charge in [0.05, 0.1) is 24.6 Å². The van der Waals surface area contributed by atoms with Gasteiger partial charge in [0.1, 0.15) is 6.10 Å². The van der Waals surface area contributed by atoms with Gasteiger partial charge in [-0.15, -0.1) is 0 Å². The maximum atomic E-state index is 12.7. The molecule has 3 heteroatoms. The number of carbonyl (C=O) groups is 1. The molecule has 1 aromatic rings. The van der Waals surface area contributed by atoms with Crippen LogP contribution in [0.5, 0.6) is 0 Å². The van der Waals surface area contributed by atoms with Crippen molar-refractivity contribution in [1.29, 1.82) is 0 Å². The molecular formula is C18H23NO2. The third-order valence-electron chi connectivity index (χ3n) is 5.58. The molecule has 3 fully saturated rings. The molecule has 2 saturated carbocycles. The monoisotopic (exact) mass is 285 g/mol. The van der Waals surface area contributed by atoms with E-state index in [1.165, 1.54) is 16.7 Å². The van der Waals surface area contributed by atoms with Crippen molar-refractivity contribution in [3.05, 3.63) is 34.9 Å². The topological polar surface area (TPSA) is 29.5 Å². The SMILES string of the molecule is Cc1ccc(C)c(C2CN(C(=O)C34CC3C4)C(C)CO2)c1. The minimum absolute atomic E-state index is 0.0254. The van der Waals surface area contributed by atoms with Gasteiger partial charge in [0.25, 0.3) is 0 Å². The quantitative estimate of drug-likeness (QED) is 0.836. The Bertz CT molecular complexity index is 603. The first-order chi connectivity index (χ1) is 10.0. The lowest BCUT2D eigenvalue weighted by Crippen LogP contribution is -2.49. The van der Waals surface area contributed by atoms with Crippen molar-refractivity contribution in [2.75, 3.05) is 13.2 Å². The number of fused-ring (bicyclic) bond motifs is 1. The smallest absolute Gasteiger partial charge is 0.229 e. The lowest BCUT2D eigenvalue weighted by atomic mass is 9.98. The summed E-state index contributed by atoms with van der Waals surface area (Å²) in [5.41, 5.74) is 3.80. The van der Waals surface area contributed by atoms with E-state index in [4.69, 9.17) is 4.74 Å². The molecule has 3 aliphatic rings. The van der Waals surface area contributed by atoms with Gasteiger partial charge in [0, 0.05) is 0 Å². The first-order valence-electron chi connectivity index (χ1n) is 8.01. The molecule has 3 nitrogen and oxygen atoms in total. The Labute approximate surface area is 126 Å². The molecule has 2 aliphatic carbocycles. The second-order valence-corrected chi connectivity index (χ2v) is 7.25. The third kappa shape index (κ3) is 2.02. The Hall–Kier alpha value is -1.35. The molecule has 0 aromatic heterocycles. The normalized spacial score (nSPS) is 37.1. The summed E-state index contributed by atoms with van der Waals surface area (Å²) in [5, 5.41) is 0. The molecule has 1 aromatic carbocycles. The molecule has 0 N–H and O–H groups in total. The number of carbonyl (C=O) groups excluding carboxylic acids is 1. The largest absolute Gasteiger partial charge is 0.370 e. The van der Waals surface area contributed by atoms with Crippen LogP contribution in [0.3, 0.4) is 0 Å². The van der Waals surface area contributed by atoms with E-state index in [0.717, 1.165) is 12.8 Å². The summed E-state index contributed by atoms with van der Waals surface area (Å²) in [5.74, 6) is 1.10. The van der Waals surface area contributed by atoms with Crippen molar-refractivity contribution in [1.82, 2.24) is 4.90 Å². The van der Waals surface area contributed by atoms with Crippen LogP contribution in [0.4, 0.5) is 0 Å². The van der Waals surface area contributed by atoms with Gasteiger partial charge in [-0.3, -0.25) is 4.79 Å². The Balaban J connectivity index is 1.57. The number of morpholine rings is 1. The molecule has 1 saturated heterocycles. The van der Waals surface area contributed by atoms with Crippen LogP contribution < -0.4 is 0 Å². The number of hydrogen-bond donors (Lipinski definition) is 0. The summed E-state index contributed by atoms with van der Waals surface area (Å²) in [6.45, 7) is 7.69. The zero-order valence-corrected chi connectivity index (χ0v) is 13.1. The molecule has 112 valence electrons. The van der Waals surface area contributed by atoms with Crippen LogP contribution in [0.1, 0.15) is 42.6 Å². The molecule has 0 radical (unpaired) electrons. The summed E-state index contributed by atoms with van der Waals surface area (Å²) >= 11 is 0. The number of ether oxygens (including phenoxy) is 1. The summed E-state index contributed by atoms with van der Waals surface area (Å²) in [6, 6.07) is 6.68. The lowest BCUT2D eigenvalue weighted by molar-refractivity contribution is -0.148. The fourth-order valence-corrected chi connectivity index (χ4v) is 3.67. The van der Waals surface area contributed by atoms with Crippen LogP contribution in [0.15, 0.2) is 18.2 Å². The van der Waals surface area contributed by atoms with Crippen LogP contribution in [-0.4, -0.2) is 30.0 Å². The number of aryl methyl sites for hydroxylation is 2. The first kappa shape index (κ1) is 13.3. The molecule has 1 heterocycles. The van der Waals surface area contributed by atoms with Crippen molar-refractivity contribution in [3.63, 3.8) is 0 Å². The molecule has 4 rings (SSSR count). The Morgan fingerprint density at radius 2 is 2.05 bits per heavy atom. The third-order valence-corrected chi connectivity index (χ3v) is 5.58. The molecule has 1 amide bonds. The highest BCUT2D eigenvalue weighted by molar-refractivity contribution is 5.90. The fraction of sp³-hybridized carbons (Fsp3) is 0.611. The molecule has 1 aliphatic heterocycles. The first-order valence-corrected chi connectivity index (χ1v) is 8.01. The van der Waals surface area contributed by atoms with Gasteiger partial charge in [0.15, 0.2) is 0 Å². The second kappa shape index (κ2) is 4.33. The number of rotatable bonds is 2. The highest BCUT2D eigenvalue weighted by atomic mass is 16.5. The van der Waals surface area contributed by atoms with E-state index < -0.39 is 0 Å². The van der Waals surface area contributed by atoms with E-state index in [1.807, 2.05) is 0 Å². The van der Waals surface area contributed by atoms with Crippen molar-refractivity contribution < 1.29 is 9.53 Å². The van der Waals surface area contributed by atoms with E-state index >= 15 is 0 Å². The van der Waals surface area contributed by atoms with Crippen molar-refractivity contribution in [2.24, 2.45) is 11.3 Å². The number of nitrogens with zero attached hydrogens (tertiary/aromatic N) is 1. The Morgan fingerprint density at radius 1 is 1.33 bits per heavy atom. The number of amides is 1. The fourth-order valence-electron chi connectivity index (χ4n) is 3.67. The van der Waals surface area contributed by atoms with E-state index in [-0.39, 0.29) is 17.6 Å². The summed E-state index contributed by atoms with van der Waals surface area (Å²) in [4.78, 5) is 14.8. The van der Waals surface area contributed by atoms with Gasteiger partial charge >= 0.3 is 0 Å². The summed E-state index contributed by atoms with van der Waals surface area (Å²) in [7, 11) is 0. The molecular weight excluding hydrogens is 262 g/mol. The molecule has 21 heavy (non-hydrogen) atoms. The van der Waals surface area contributed by atoms with Gasteiger partial charge in [0.2, 0.25) is 5.91 Å². The van der Waals surface area contributed by atoms with E-state index in [0.29, 0.717) is 25.0 Å². The van der Waals surface area contributed by atoms with Crippen molar-refractivity contribution >= 4 is 5.91 Å². The summed E-state index contributed by atoms with van der Waals surface area (Å²) in [6.07, 6.45) is 2.28. The predicted octanol–water partition coefficient (Wildman–Crippen LogP) is 3.00. The maximum absolute atomic E-state index is 12.7. The van der Waals surface area contributed by atoms with Crippen molar-refractivity contribution in [3.8, 4) is 0 Å². The van der Waals surface area contributed by atoms with Gasteiger partial charge in [-0.25, -0.2) is 0 Å². The predicted molar refractivity (Wildman–Crippen MR) is 80.9 cm³/mol. The van der Waals surface area contributed by atoms with Crippen LogP contribution >= 0.6 is 0 Å². The zero-order chi connectivity index (χ0) is 14.8. The Morgan fingerprint density at radius 3 is 2.71 bits per heavy atom. The van der Waals surface area contributed by atoms with E-state index in [2.05, 4.69) is 43.9 Å². The zero-order valence-electron chi connectivity index (χ0n) is 13.1. The molecule has 2 atom stereocenters. The van der Waals surface area contributed by atoms with Crippen LogP contribution in [0.2, 0.25) is 0 Å².